The molecule has 1 aromatic rings. The normalized spacial score (nSPS) is 12.2. The number of hydrogen-bond donors (Lipinski definition) is 2. The molecule has 0 aromatic heterocycles. The molecule has 3 N–H and O–H groups in total. The number of rotatable bonds is 5. The zero-order chi connectivity index (χ0) is 12.8. The van der Waals surface area contributed by atoms with Crippen molar-refractivity contribution in [2.75, 3.05) is 11.9 Å². The number of nitrogens with two attached hydrogens (primary N) is 1. The van der Waals surface area contributed by atoms with E-state index >= 15 is 0 Å². The van der Waals surface area contributed by atoms with Crippen LogP contribution in [-0.4, -0.2) is 12.5 Å². The molecule has 0 aliphatic heterocycles. The van der Waals surface area contributed by atoms with Crippen LogP contribution < -0.4 is 11.1 Å². The van der Waals surface area contributed by atoms with E-state index in [0.29, 0.717) is 21.7 Å². The van der Waals surface area contributed by atoms with Crippen molar-refractivity contribution in [3.8, 4) is 0 Å². The summed E-state index contributed by atoms with van der Waals surface area (Å²) < 4.78 is 0.709. The summed E-state index contributed by atoms with van der Waals surface area (Å²) in [6.45, 7) is 2.50. The Morgan fingerprint density at radius 1 is 1.59 bits per heavy atom. The molecule has 1 unspecified atom stereocenters. The Kier molecular flexibility index (Phi) is 5.95. The first kappa shape index (κ1) is 14.5. The van der Waals surface area contributed by atoms with Gasteiger partial charge in [0.25, 0.3) is 0 Å². The SMILES string of the molecule is CC(CCCN)C(=O)Nc1cccc(Cl)c1Br. The Labute approximate surface area is 115 Å². The third-order valence-corrected chi connectivity index (χ3v) is 3.90. The molecule has 0 radical (unpaired) electrons. The maximum atomic E-state index is 11.9. The Bertz CT molecular complexity index is 398. The van der Waals surface area contributed by atoms with Gasteiger partial charge in [0.1, 0.15) is 0 Å². The average Bonchev–Trinajstić information content (AvgIpc) is 2.31. The number of carbonyl (C=O) groups excluding carboxylic acids is 1. The van der Waals surface area contributed by atoms with E-state index in [2.05, 4.69) is 21.2 Å². The van der Waals surface area contributed by atoms with Gasteiger partial charge in [0.15, 0.2) is 0 Å². The molecule has 1 aromatic carbocycles. The van der Waals surface area contributed by atoms with Gasteiger partial charge >= 0.3 is 0 Å². The van der Waals surface area contributed by atoms with Gasteiger partial charge in [-0.05, 0) is 47.4 Å². The molecular weight excluding hydrogens is 304 g/mol. The minimum absolute atomic E-state index is 0.0126. The number of anilines is 1. The Hall–Kier alpha value is -0.580. The molecular formula is C12H16BrClN2O. The second kappa shape index (κ2) is 6.99. The average molecular weight is 320 g/mol. The number of amides is 1. The lowest BCUT2D eigenvalue weighted by Crippen LogP contribution is -2.21. The topological polar surface area (TPSA) is 55.1 Å². The highest BCUT2D eigenvalue weighted by Crippen LogP contribution is 2.30. The Morgan fingerprint density at radius 2 is 2.29 bits per heavy atom. The summed E-state index contributed by atoms with van der Waals surface area (Å²) in [5.74, 6) is -0.0640. The van der Waals surface area contributed by atoms with E-state index in [1.54, 1.807) is 12.1 Å². The van der Waals surface area contributed by atoms with E-state index < -0.39 is 0 Å². The molecule has 0 fully saturated rings. The fourth-order valence-electron chi connectivity index (χ4n) is 1.41. The smallest absolute Gasteiger partial charge is 0.227 e. The van der Waals surface area contributed by atoms with E-state index in [0.717, 1.165) is 12.8 Å². The molecule has 3 nitrogen and oxygen atoms in total. The van der Waals surface area contributed by atoms with Crippen LogP contribution in [0.15, 0.2) is 22.7 Å². The van der Waals surface area contributed by atoms with Gasteiger partial charge in [0.05, 0.1) is 15.2 Å². The molecule has 0 aliphatic carbocycles. The number of nitrogens with one attached hydrogen (secondary N) is 1. The van der Waals surface area contributed by atoms with Crippen LogP contribution in [0.25, 0.3) is 0 Å². The first-order valence-corrected chi connectivity index (χ1v) is 6.68. The van der Waals surface area contributed by atoms with Crippen LogP contribution >= 0.6 is 27.5 Å². The van der Waals surface area contributed by atoms with Gasteiger partial charge in [-0.2, -0.15) is 0 Å². The van der Waals surface area contributed by atoms with E-state index in [1.807, 2.05) is 13.0 Å². The minimum atomic E-state index is -0.0515. The van der Waals surface area contributed by atoms with Gasteiger partial charge in [-0.3, -0.25) is 4.79 Å². The van der Waals surface area contributed by atoms with Crippen LogP contribution in [0, 0.1) is 5.92 Å². The molecule has 0 bridgehead atoms. The summed E-state index contributed by atoms with van der Waals surface area (Å²) in [6.07, 6.45) is 1.64. The second-order valence-corrected chi connectivity index (χ2v) is 5.12. The number of halogens is 2. The van der Waals surface area contributed by atoms with Crippen molar-refractivity contribution in [2.45, 2.75) is 19.8 Å². The van der Waals surface area contributed by atoms with Crippen molar-refractivity contribution in [2.24, 2.45) is 11.7 Å². The van der Waals surface area contributed by atoms with Crippen molar-refractivity contribution in [3.05, 3.63) is 27.7 Å². The monoisotopic (exact) mass is 318 g/mol. The number of hydrogen-bond acceptors (Lipinski definition) is 2. The van der Waals surface area contributed by atoms with E-state index in [4.69, 9.17) is 17.3 Å². The molecule has 0 heterocycles. The Morgan fingerprint density at radius 3 is 2.94 bits per heavy atom. The second-order valence-electron chi connectivity index (χ2n) is 3.92. The molecule has 5 heteroatoms. The summed E-state index contributed by atoms with van der Waals surface area (Å²) in [4.78, 5) is 11.9. The van der Waals surface area contributed by atoms with Gasteiger partial charge in [-0.1, -0.05) is 24.6 Å². The third kappa shape index (κ3) is 4.30. The van der Waals surface area contributed by atoms with Gasteiger partial charge < -0.3 is 11.1 Å². The van der Waals surface area contributed by atoms with Gasteiger partial charge in [-0.25, -0.2) is 0 Å². The first-order valence-electron chi connectivity index (χ1n) is 5.51. The van der Waals surface area contributed by atoms with Crippen molar-refractivity contribution in [1.82, 2.24) is 0 Å². The molecule has 0 saturated carbocycles. The summed E-state index contributed by atoms with van der Waals surface area (Å²) in [5.41, 5.74) is 6.11. The summed E-state index contributed by atoms with van der Waals surface area (Å²) in [6, 6.07) is 5.37. The highest BCUT2D eigenvalue weighted by Gasteiger charge is 2.14. The van der Waals surface area contributed by atoms with Crippen LogP contribution in [0.4, 0.5) is 5.69 Å². The van der Waals surface area contributed by atoms with Crippen LogP contribution in [-0.2, 0) is 4.79 Å². The van der Waals surface area contributed by atoms with Gasteiger partial charge in [-0.15, -0.1) is 0 Å². The van der Waals surface area contributed by atoms with Crippen molar-refractivity contribution < 1.29 is 4.79 Å². The van der Waals surface area contributed by atoms with Crippen molar-refractivity contribution in [3.63, 3.8) is 0 Å². The maximum absolute atomic E-state index is 11.9. The van der Waals surface area contributed by atoms with Crippen LogP contribution in [0.3, 0.4) is 0 Å². The van der Waals surface area contributed by atoms with Crippen molar-refractivity contribution in [1.29, 1.82) is 0 Å². The predicted octanol–water partition coefficient (Wildman–Crippen LogP) is 3.42. The molecule has 1 amide bonds. The van der Waals surface area contributed by atoms with E-state index in [-0.39, 0.29) is 11.8 Å². The minimum Gasteiger partial charge on any atom is -0.330 e. The molecule has 17 heavy (non-hydrogen) atoms. The van der Waals surface area contributed by atoms with Crippen LogP contribution in [0.1, 0.15) is 19.8 Å². The summed E-state index contributed by atoms with van der Waals surface area (Å²) in [5, 5.41) is 3.43. The third-order valence-electron chi connectivity index (χ3n) is 2.50. The molecule has 94 valence electrons. The lowest BCUT2D eigenvalue weighted by atomic mass is 10.0. The van der Waals surface area contributed by atoms with Gasteiger partial charge in [0.2, 0.25) is 5.91 Å². The van der Waals surface area contributed by atoms with Crippen LogP contribution in [0.2, 0.25) is 5.02 Å². The molecule has 0 spiro atoms. The number of carbonyl (C=O) groups is 1. The first-order chi connectivity index (χ1) is 8.06. The zero-order valence-electron chi connectivity index (χ0n) is 9.67. The molecule has 0 saturated heterocycles. The summed E-state index contributed by atoms with van der Waals surface area (Å²) >= 11 is 9.29. The fourth-order valence-corrected chi connectivity index (χ4v) is 1.95. The molecule has 0 aliphatic rings. The zero-order valence-corrected chi connectivity index (χ0v) is 12.0. The highest BCUT2D eigenvalue weighted by atomic mass is 79.9. The summed E-state index contributed by atoms with van der Waals surface area (Å²) in [7, 11) is 0. The number of benzene rings is 1. The lowest BCUT2D eigenvalue weighted by molar-refractivity contribution is -0.119. The van der Waals surface area contributed by atoms with Gasteiger partial charge in [0, 0.05) is 5.92 Å². The predicted molar refractivity (Wildman–Crippen MR) is 75.2 cm³/mol. The largest absolute Gasteiger partial charge is 0.330 e. The molecule has 1 atom stereocenters. The van der Waals surface area contributed by atoms with E-state index in [9.17, 15) is 4.79 Å². The molecule has 1 rings (SSSR count). The maximum Gasteiger partial charge on any atom is 0.227 e. The fraction of sp³-hybridized carbons (Fsp3) is 0.417. The highest BCUT2D eigenvalue weighted by molar-refractivity contribution is 9.10. The van der Waals surface area contributed by atoms with Crippen molar-refractivity contribution >= 4 is 39.1 Å². The Balaban J connectivity index is 2.64. The standard InChI is InChI=1S/C12H16BrClN2O/c1-8(4-3-7-15)12(17)16-10-6-2-5-9(14)11(10)13/h2,5-6,8H,3-4,7,15H2,1H3,(H,16,17). The quantitative estimate of drug-likeness (QED) is 0.873. The van der Waals surface area contributed by atoms with Crippen LogP contribution in [0.5, 0.6) is 0 Å². The lowest BCUT2D eigenvalue weighted by Gasteiger charge is -2.13. The van der Waals surface area contributed by atoms with E-state index in [1.165, 1.54) is 0 Å².